The zero-order valence-electron chi connectivity index (χ0n) is 28.3. The van der Waals surface area contributed by atoms with Crippen molar-refractivity contribution in [2.75, 3.05) is 0 Å². The van der Waals surface area contributed by atoms with Gasteiger partial charge in [0.2, 0.25) is 0 Å². The SMILES string of the molecule is CC[Si](CC)(CC)c1ccc(C(c2ccc([Si](CC)(CC)CC)cc2)=c2ccc3c(c2C2=CC=CC2)C=c2ccccc2=3)cc1. The maximum absolute atomic E-state index is 2.49. The first-order valence-electron chi connectivity index (χ1n) is 17.5. The number of allylic oxidation sites excluding steroid dienone is 4. The highest BCUT2D eigenvalue weighted by Gasteiger charge is 2.30. The number of fused-ring (bicyclic) bond motifs is 2. The number of rotatable bonds is 11. The third-order valence-corrected chi connectivity index (χ3v) is 23.0. The first-order chi connectivity index (χ1) is 22.0. The summed E-state index contributed by atoms with van der Waals surface area (Å²) in [6.07, 6.45) is 10.3. The van der Waals surface area contributed by atoms with Crippen molar-refractivity contribution in [2.45, 2.75) is 84.2 Å². The maximum atomic E-state index is 2.49. The Kier molecular flexibility index (Phi) is 9.18. The summed E-state index contributed by atoms with van der Waals surface area (Å²) in [4.78, 5) is 0. The summed E-state index contributed by atoms with van der Waals surface area (Å²) >= 11 is 0. The van der Waals surface area contributed by atoms with Crippen molar-refractivity contribution < 1.29 is 0 Å². The van der Waals surface area contributed by atoms with E-state index in [0.717, 1.165) is 6.42 Å². The van der Waals surface area contributed by atoms with Gasteiger partial charge in [-0.2, -0.15) is 0 Å². The zero-order valence-corrected chi connectivity index (χ0v) is 30.3. The van der Waals surface area contributed by atoms with Gasteiger partial charge in [-0.15, -0.1) is 0 Å². The fraction of sp³-hybridized carbons (Fsp3) is 0.302. The average molecular weight is 623 g/mol. The second kappa shape index (κ2) is 13.1. The molecule has 0 saturated carbocycles. The Labute approximate surface area is 273 Å². The van der Waals surface area contributed by atoms with Crippen LogP contribution in [0.4, 0.5) is 0 Å². The summed E-state index contributed by atoms with van der Waals surface area (Å²) < 4.78 is 0. The Hall–Kier alpha value is -3.47. The molecule has 0 aliphatic heterocycles. The lowest BCUT2D eigenvalue weighted by molar-refractivity contribution is 1.19. The minimum atomic E-state index is -1.46. The Morgan fingerprint density at radius 2 is 1.11 bits per heavy atom. The van der Waals surface area contributed by atoms with Crippen molar-refractivity contribution in [2.24, 2.45) is 0 Å². The van der Waals surface area contributed by atoms with E-state index in [4.69, 9.17) is 0 Å². The summed E-state index contributed by atoms with van der Waals surface area (Å²) in [7, 11) is -2.92. The maximum Gasteiger partial charge on any atom is 0.0859 e. The molecular weight excluding hydrogens is 573 g/mol. The molecule has 0 radical (unpaired) electrons. The molecule has 0 aromatic heterocycles. The van der Waals surface area contributed by atoms with Gasteiger partial charge in [-0.25, -0.2) is 0 Å². The quantitative estimate of drug-likeness (QED) is 0.129. The van der Waals surface area contributed by atoms with E-state index in [-0.39, 0.29) is 0 Å². The summed E-state index contributed by atoms with van der Waals surface area (Å²) in [6, 6.07) is 41.3. The van der Waals surface area contributed by atoms with E-state index in [2.05, 4.69) is 151 Å². The van der Waals surface area contributed by atoms with Gasteiger partial charge in [-0.05, 0) is 66.8 Å². The van der Waals surface area contributed by atoms with E-state index >= 15 is 0 Å². The van der Waals surface area contributed by atoms with E-state index in [9.17, 15) is 0 Å². The molecule has 2 aliphatic rings. The van der Waals surface area contributed by atoms with E-state index in [1.807, 2.05) is 0 Å². The molecule has 0 atom stereocenters. The highest BCUT2D eigenvalue weighted by Crippen LogP contribution is 2.30. The predicted octanol–water partition coefficient (Wildman–Crippen LogP) is 9.14. The van der Waals surface area contributed by atoms with Crippen LogP contribution >= 0.6 is 0 Å². The molecule has 0 saturated heterocycles. The van der Waals surface area contributed by atoms with Gasteiger partial charge in [0.25, 0.3) is 0 Å². The van der Waals surface area contributed by atoms with Crippen molar-refractivity contribution in [3.63, 3.8) is 0 Å². The Bertz CT molecular complexity index is 1880. The van der Waals surface area contributed by atoms with Crippen molar-refractivity contribution in [3.05, 3.63) is 146 Å². The van der Waals surface area contributed by atoms with Crippen LogP contribution in [0.2, 0.25) is 36.3 Å². The molecule has 4 aromatic carbocycles. The third-order valence-electron chi connectivity index (χ3n) is 11.8. The van der Waals surface area contributed by atoms with Crippen LogP contribution in [-0.2, 0) is 0 Å². The zero-order chi connectivity index (χ0) is 31.6. The number of benzene rings is 4. The third kappa shape index (κ3) is 5.40. The minimum absolute atomic E-state index is 0.980. The van der Waals surface area contributed by atoms with Crippen molar-refractivity contribution in [1.29, 1.82) is 0 Å². The standard InChI is InChI=1S/C43H50Si2/c1-7-44(8-2,9-3)36-25-21-33(22-26-36)42(34-23-27-37(28-24-34)45(10-4,11-5)12-6)40-30-29-39-38-20-16-15-19-35(38)31-41(39)43(40)32-17-13-14-18-32/h13-17,19-31H,7-12,18H2,1-6H3. The first-order valence-corrected chi connectivity index (χ1v) is 22.8. The fourth-order valence-corrected chi connectivity index (χ4v) is 15.6. The van der Waals surface area contributed by atoms with Gasteiger partial charge in [-0.3, -0.25) is 0 Å². The molecule has 0 fully saturated rings. The van der Waals surface area contributed by atoms with Gasteiger partial charge in [0.15, 0.2) is 0 Å². The fourth-order valence-electron chi connectivity index (χ4n) is 8.40. The van der Waals surface area contributed by atoms with Crippen LogP contribution in [0.15, 0.2) is 103 Å². The molecule has 4 aromatic rings. The van der Waals surface area contributed by atoms with Gasteiger partial charge < -0.3 is 0 Å². The summed E-state index contributed by atoms with van der Waals surface area (Å²) in [5.74, 6) is 0. The van der Waals surface area contributed by atoms with Crippen molar-refractivity contribution in [1.82, 2.24) is 0 Å². The second-order valence-corrected chi connectivity index (χ2v) is 23.7. The predicted molar refractivity (Wildman–Crippen MR) is 203 cm³/mol. The molecule has 0 nitrogen and oxygen atoms in total. The van der Waals surface area contributed by atoms with E-state index in [0.29, 0.717) is 0 Å². The van der Waals surface area contributed by atoms with Gasteiger partial charge in [-0.1, -0.05) is 191 Å². The molecule has 0 bridgehead atoms. The lowest BCUT2D eigenvalue weighted by Gasteiger charge is -2.29. The average Bonchev–Trinajstić information content (AvgIpc) is 3.77. The van der Waals surface area contributed by atoms with Gasteiger partial charge in [0.1, 0.15) is 0 Å². The molecule has 0 N–H and O–H groups in total. The Balaban J connectivity index is 1.66. The van der Waals surface area contributed by atoms with Crippen LogP contribution in [0.3, 0.4) is 0 Å². The first kappa shape index (κ1) is 31.5. The smallest absolute Gasteiger partial charge is 0.0801 e. The molecule has 2 aliphatic carbocycles. The lowest BCUT2D eigenvalue weighted by atomic mass is 9.88. The van der Waals surface area contributed by atoms with E-state index in [1.54, 1.807) is 10.4 Å². The monoisotopic (exact) mass is 622 g/mol. The van der Waals surface area contributed by atoms with E-state index in [1.165, 1.54) is 90.5 Å². The minimum Gasteiger partial charge on any atom is -0.0801 e. The second-order valence-electron chi connectivity index (χ2n) is 13.2. The summed E-state index contributed by atoms with van der Waals surface area (Å²) in [5.41, 5.74) is 8.20. The molecule has 230 valence electrons. The molecule has 6 rings (SSSR count). The molecule has 45 heavy (non-hydrogen) atoms. The van der Waals surface area contributed by atoms with Crippen LogP contribution < -0.4 is 20.8 Å². The molecule has 0 amide bonds. The normalized spacial score (nSPS) is 13.8. The van der Waals surface area contributed by atoms with Crippen molar-refractivity contribution >= 4 is 43.7 Å². The Morgan fingerprint density at radius 3 is 1.60 bits per heavy atom. The van der Waals surface area contributed by atoms with Gasteiger partial charge in [0, 0.05) is 0 Å². The topological polar surface area (TPSA) is 0 Å². The van der Waals surface area contributed by atoms with Crippen LogP contribution in [0, 0.1) is 10.4 Å². The van der Waals surface area contributed by atoms with Crippen LogP contribution in [0.25, 0.3) is 17.2 Å². The van der Waals surface area contributed by atoms with E-state index < -0.39 is 16.1 Å². The summed E-state index contributed by atoms with van der Waals surface area (Å²) in [5, 5.41) is 8.60. The molecule has 0 unspecified atom stereocenters. The molecule has 0 heterocycles. The Morgan fingerprint density at radius 1 is 0.578 bits per heavy atom. The molecular formula is C43H50Si2. The van der Waals surface area contributed by atoms with Gasteiger partial charge >= 0.3 is 0 Å². The number of hydrogen-bond donors (Lipinski definition) is 0. The molecule has 0 spiro atoms. The highest BCUT2D eigenvalue weighted by atomic mass is 28.3. The largest absolute Gasteiger partial charge is 0.0859 e. The van der Waals surface area contributed by atoms with Gasteiger partial charge in [0.05, 0.1) is 16.1 Å². The van der Waals surface area contributed by atoms with Crippen LogP contribution in [0.5, 0.6) is 0 Å². The lowest BCUT2D eigenvalue weighted by Crippen LogP contribution is -2.45. The number of hydrogen-bond acceptors (Lipinski definition) is 0. The van der Waals surface area contributed by atoms with Crippen molar-refractivity contribution in [3.8, 4) is 0 Å². The summed E-state index contributed by atoms with van der Waals surface area (Å²) in [6.45, 7) is 14.5. The van der Waals surface area contributed by atoms with Crippen LogP contribution in [-0.4, -0.2) is 16.1 Å². The van der Waals surface area contributed by atoms with Crippen LogP contribution in [0.1, 0.15) is 70.2 Å². The highest BCUT2D eigenvalue weighted by molar-refractivity contribution is 6.92. The molecule has 2 heteroatoms.